The van der Waals surface area contributed by atoms with Crippen molar-refractivity contribution < 1.29 is 32.2 Å². The second kappa shape index (κ2) is 11.3. The normalized spacial score (nSPS) is 28.6. The standard InChI is InChI=1S/C34H42N2O7S/c1-6-16-36-17-15-33-30-25-11-12-28(41-22(4)37)31(30)42-32(33)27(13-14-34(33,29(36)19-25)43-23(5)38)35-44(39,40)20-26-10-8-7-9-24(26)18-21(2)3/h6-12,21,27,29,32,35H,1,13-20H2,2-5H3/t27-,29-,32+,33+,34-/m1/s1. The second-order valence-corrected chi connectivity index (χ2v) is 14.9. The van der Waals surface area contributed by atoms with Gasteiger partial charge in [-0.3, -0.25) is 14.5 Å². The smallest absolute Gasteiger partial charge is 0.308 e. The van der Waals surface area contributed by atoms with E-state index in [2.05, 4.69) is 30.0 Å². The number of carbonyl (C=O) groups excluding carboxylic acids is 2. The van der Waals surface area contributed by atoms with Crippen molar-refractivity contribution in [2.45, 2.75) is 94.8 Å². The van der Waals surface area contributed by atoms with E-state index < -0.39 is 39.2 Å². The predicted octanol–water partition coefficient (Wildman–Crippen LogP) is 4.21. The van der Waals surface area contributed by atoms with Crippen LogP contribution in [-0.2, 0) is 48.4 Å². The molecule has 2 aliphatic heterocycles. The summed E-state index contributed by atoms with van der Waals surface area (Å²) >= 11 is 0. The number of carbonyl (C=O) groups is 2. The van der Waals surface area contributed by atoms with E-state index in [0.29, 0.717) is 56.2 Å². The van der Waals surface area contributed by atoms with Gasteiger partial charge in [0.2, 0.25) is 10.0 Å². The maximum Gasteiger partial charge on any atom is 0.308 e. The van der Waals surface area contributed by atoms with Crippen LogP contribution in [0, 0.1) is 5.92 Å². The zero-order chi connectivity index (χ0) is 31.4. The second-order valence-electron chi connectivity index (χ2n) is 13.2. The Bertz CT molecular complexity index is 1600. The molecule has 2 aromatic carbocycles. The summed E-state index contributed by atoms with van der Waals surface area (Å²) in [5, 5.41) is 0. The highest BCUT2D eigenvalue weighted by Gasteiger charge is 2.75. The topological polar surface area (TPSA) is 111 Å². The first-order valence-corrected chi connectivity index (χ1v) is 17.2. The molecule has 2 heterocycles. The van der Waals surface area contributed by atoms with Gasteiger partial charge in [0, 0.05) is 32.5 Å². The number of rotatable bonds is 10. The summed E-state index contributed by atoms with van der Waals surface area (Å²) in [4.78, 5) is 27.2. The number of hydrogen-bond acceptors (Lipinski definition) is 8. The lowest BCUT2D eigenvalue weighted by Crippen LogP contribution is -2.79. The van der Waals surface area contributed by atoms with Gasteiger partial charge in [-0.2, -0.15) is 0 Å². The van der Waals surface area contributed by atoms with Gasteiger partial charge in [-0.05, 0) is 60.8 Å². The van der Waals surface area contributed by atoms with Crippen molar-refractivity contribution in [3.05, 3.63) is 71.3 Å². The largest absolute Gasteiger partial charge is 0.483 e. The molecule has 6 rings (SSSR count). The highest BCUT2D eigenvalue weighted by molar-refractivity contribution is 7.88. The zero-order valence-corrected chi connectivity index (χ0v) is 26.7. The van der Waals surface area contributed by atoms with Gasteiger partial charge in [0.1, 0.15) is 11.7 Å². The van der Waals surface area contributed by atoms with Crippen molar-refractivity contribution in [2.75, 3.05) is 13.1 Å². The Balaban J connectivity index is 1.44. The number of sulfonamides is 1. The summed E-state index contributed by atoms with van der Waals surface area (Å²) in [7, 11) is -3.80. The predicted molar refractivity (Wildman–Crippen MR) is 166 cm³/mol. The average molecular weight is 623 g/mol. The lowest BCUT2D eigenvalue weighted by molar-refractivity contribution is -0.217. The lowest BCUT2D eigenvalue weighted by atomic mass is 9.48. The molecule has 44 heavy (non-hydrogen) atoms. The molecule has 0 radical (unpaired) electrons. The molecule has 2 bridgehead atoms. The van der Waals surface area contributed by atoms with E-state index in [1.54, 1.807) is 6.07 Å². The van der Waals surface area contributed by atoms with Crippen molar-refractivity contribution in [3.8, 4) is 11.5 Å². The maximum atomic E-state index is 13.9. The number of likely N-dealkylation sites (tertiary alicyclic amines) is 1. The van der Waals surface area contributed by atoms with Crippen LogP contribution in [0.15, 0.2) is 49.1 Å². The number of piperidine rings is 1. The van der Waals surface area contributed by atoms with Crippen molar-refractivity contribution in [2.24, 2.45) is 5.92 Å². The zero-order valence-electron chi connectivity index (χ0n) is 25.9. The van der Waals surface area contributed by atoms with Crippen molar-refractivity contribution in [1.82, 2.24) is 9.62 Å². The van der Waals surface area contributed by atoms with Crippen LogP contribution in [0.4, 0.5) is 0 Å². The Hall–Kier alpha value is -3.21. The minimum atomic E-state index is -3.80. The van der Waals surface area contributed by atoms with Gasteiger partial charge >= 0.3 is 11.9 Å². The minimum Gasteiger partial charge on any atom is -0.483 e. The van der Waals surface area contributed by atoms with Crippen molar-refractivity contribution in [1.29, 1.82) is 0 Å². The summed E-state index contributed by atoms with van der Waals surface area (Å²) in [6, 6.07) is 10.7. The molecule has 1 N–H and O–H groups in total. The molecule has 0 aromatic heterocycles. The molecule has 2 aliphatic carbocycles. The Morgan fingerprint density at radius 2 is 1.89 bits per heavy atom. The molecule has 236 valence electrons. The van der Waals surface area contributed by atoms with Crippen LogP contribution >= 0.6 is 0 Å². The Kier molecular flexibility index (Phi) is 7.91. The lowest BCUT2D eigenvalue weighted by Gasteiger charge is -2.65. The molecule has 5 atom stereocenters. The van der Waals surface area contributed by atoms with Crippen LogP contribution in [-0.4, -0.2) is 62.1 Å². The van der Waals surface area contributed by atoms with Crippen LogP contribution in [0.25, 0.3) is 0 Å². The number of hydrogen-bond donors (Lipinski definition) is 1. The van der Waals surface area contributed by atoms with Gasteiger partial charge < -0.3 is 14.2 Å². The Morgan fingerprint density at radius 3 is 2.57 bits per heavy atom. The van der Waals surface area contributed by atoms with Crippen LogP contribution < -0.4 is 14.2 Å². The first-order valence-electron chi connectivity index (χ1n) is 15.5. The summed E-state index contributed by atoms with van der Waals surface area (Å²) in [5.74, 6) is 0.123. The van der Waals surface area contributed by atoms with Gasteiger partial charge in [-0.15, -0.1) is 6.58 Å². The van der Waals surface area contributed by atoms with Gasteiger partial charge in [0.15, 0.2) is 11.5 Å². The molecule has 10 heteroatoms. The summed E-state index contributed by atoms with van der Waals surface area (Å²) in [6.07, 6.45) is 4.04. The molecule has 1 saturated carbocycles. The van der Waals surface area contributed by atoms with Gasteiger partial charge in [-0.25, -0.2) is 13.1 Å². The third-order valence-corrected chi connectivity index (χ3v) is 11.2. The molecule has 2 aromatic rings. The first kappa shape index (κ1) is 30.8. The molecule has 4 aliphatic rings. The Labute approximate surface area is 260 Å². The van der Waals surface area contributed by atoms with Gasteiger partial charge in [-0.1, -0.05) is 50.3 Å². The van der Waals surface area contributed by atoms with E-state index >= 15 is 0 Å². The summed E-state index contributed by atoms with van der Waals surface area (Å²) in [6.45, 7) is 12.3. The molecular weight excluding hydrogens is 580 g/mol. The van der Waals surface area contributed by atoms with E-state index in [1.165, 1.54) is 13.8 Å². The summed E-state index contributed by atoms with van der Waals surface area (Å²) in [5.41, 5.74) is 1.93. The average Bonchev–Trinajstić information content (AvgIpc) is 3.29. The maximum absolute atomic E-state index is 13.9. The van der Waals surface area contributed by atoms with E-state index in [4.69, 9.17) is 14.2 Å². The highest BCUT2D eigenvalue weighted by Crippen LogP contribution is 2.66. The summed E-state index contributed by atoms with van der Waals surface area (Å²) < 4.78 is 49.6. The van der Waals surface area contributed by atoms with E-state index in [1.807, 2.05) is 36.4 Å². The fraction of sp³-hybridized carbons (Fsp3) is 0.529. The van der Waals surface area contributed by atoms with Crippen molar-refractivity contribution >= 4 is 22.0 Å². The minimum absolute atomic E-state index is 0.145. The van der Waals surface area contributed by atoms with E-state index in [9.17, 15) is 18.0 Å². The van der Waals surface area contributed by atoms with Gasteiger partial charge in [0.05, 0.1) is 23.3 Å². The SMILES string of the molecule is C=CCN1CC[C@]23c4c5ccc(OC(C)=O)c4O[C@H]2[C@H](NS(=O)(=O)Cc2ccccc2CC(C)C)CC[C@@]3(OC(C)=O)[C@H]1C5. The van der Waals surface area contributed by atoms with E-state index in [0.717, 1.165) is 28.7 Å². The van der Waals surface area contributed by atoms with Gasteiger partial charge in [0.25, 0.3) is 0 Å². The third-order valence-electron chi connectivity index (χ3n) is 9.88. The highest BCUT2D eigenvalue weighted by atomic mass is 32.2. The molecule has 2 fully saturated rings. The fourth-order valence-electron chi connectivity index (χ4n) is 8.61. The molecule has 0 unspecified atom stereocenters. The number of ether oxygens (including phenoxy) is 3. The van der Waals surface area contributed by atoms with Crippen LogP contribution in [0.3, 0.4) is 0 Å². The monoisotopic (exact) mass is 622 g/mol. The quantitative estimate of drug-likeness (QED) is 0.238. The number of benzene rings is 2. The number of esters is 2. The molecular formula is C34H42N2O7S. The molecule has 1 saturated heterocycles. The Morgan fingerprint density at radius 1 is 1.14 bits per heavy atom. The van der Waals surface area contributed by atoms with Crippen LogP contribution in [0.1, 0.15) is 69.2 Å². The van der Waals surface area contributed by atoms with Crippen LogP contribution in [0.2, 0.25) is 0 Å². The molecule has 9 nitrogen and oxygen atoms in total. The fourth-order valence-corrected chi connectivity index (χ4v) is 10.1. The van der Waals surface area contributed by atoms with Crippen molar-refractivity contribution in [3.63, 3.8) is 0 Å². The first-order chi connectivity index (χ1) is 20.9. The van der Waals surface area contributed by atoms with E-state index in [-0.39, 0.29) is 17.8 Å². The molecule has 1 spiro atoms. The number of nitrogens with one attached hydrogen (secondary N) is 1. The third kappa shape index (κ3) is 4.95. The number of nitrogens with zero attached hydrogens (tertiary/aromatic N) is 1. The van der Waals surface area contributed by atoms with Crippen LogP contribution in [0.5, 0.6) is 11.5 Å². The molecule has 0 amide bonds.